The number of aromatic nitrogens is 2. The van der Waals surface area contributed by atoms with Crippen LogP contribution in [0.25, 0.3) is 16.7 Å². The fourth-order valence-corrected chi connectivity index (χ4v) is 2.41. The number of hydrogen-bond acceptors (Lipinski definition) is 1. The van der Waals surface area contributed by atoms with Crippen LogP contribution in [0.1, 0.15) is 11.4 Å². The predicted octanol–water partition coefficient (Wildman–Crippen LogP) is 4.21. The Kier molecular flexibility index (Phi) is 2.99. The molecule has 0 saturated heterocycles. The summed E-state index contributed by atoms with van der Waals surface area (Å²) in [6, 6.07) is 12.5. The van der Waals surface area contributed by atoms with Gasteiger partial charge in [-0.1, -0.05) is 18.2 Å². The molecule has 2 nitrogen and oxygen atoms in total. The Morgan fingerprint density at radius 1 is 1.21 bits per heavy atom. The first-order chi connectivity index (χ1) is 9.20. The number of halogens is 2. The first kappa shape index (κ1) is 12.2. The number of alkyl halides is 1. The van der Waals surface area contributed by atoms with Gasteiger partial charge in [-0.15, -0.1) is 11.6 Å². The fourth-order valence-electron chi connectivity index (χ4n) is 2.23. The van der Waals surface area contributed by atoms with E-state index in [-0.39, 0.29) is 11.7 Å². The Balaban J connectivity index is 2.38. The van der Waals surface area contributed by atoms with Crippen molar-refractivity contribution >= 4 is 22.6 Å². The van der Waals surface area contributed by atoms with Crippen molar-refractivity contribution in [1.82, 2.24) is 9.55 Å². The van der Waals surface area contributed by atoms with Gasteiger partial charge in [-0.25, -0.2) is 9.37 Å². The molecule has 0 N–H and O–H groups in total. The van der Waals surface area contributed by atoms with E-state index in [1.54, 1.807) is 22.8 Å². The van der Waals surface area contributed by atoms with Gasteiger partial charge in [0.2, 0.25) is 0 Å². The summed E-state index contributed by atoms with van der Waals surface area (Å²) in [4.78, 5) is 4.45. The van der Waals surface area contributed by atoms with E-state index >= 15 is 0 Å². The van der Waals surface area contributed by atoms with Crippen molar-refractivity contribution in [2.75, 3.05) is 0 Å². The van der Waals surface area contributed by atoms with Crippen LogP contribution in [0.3, 0.4) is 0 Å². The molecule has 19 heavy (non-hydrogen) atoms. The van der Waals surface area contributed by atoms with Gasteiger partial charge in [0.05, 0.1) is 22.6 Å². The zero-order valence-electron chi connectivity index (χ0n) is 10.4. The molecule has 0 unspecified atom stereocenters. The van der Waals surface area contributed by atoms with Gasteiger partial charge < -0.3 is 0 Å². The van der Waals surface area contributed by atoms with Crippen molar-refractivity contribution in [3.05, 3.63) is 59.7 Å². The van der Waals surface area contributed by atoms with Gasteiger partial charge in [-0.3, -0.25) is 4.57 Å². The SMILES string of the molecule is Cc1ccc2nc(CCl)n(-c3ccccc3F)c2c1. The molecule has 0 radical (unpaired) electrons. The van der Waals surface area contributed by atoms with Crippen LogP contribution < -0.4 is 0 Å². The van der Waals surface area contributed by atoms with E-state index in [9.17, 15) is 4.39 Å². The zero-order chi connectivity index (χ0) is 13.4. The Hall–Kier alpha value is -1.87. The van der Waals surface area contributed by atoms with Crippen LogP contribution in [0, 0.1) is 12.7 Å². The van der Waals surface area contributed by atoms with Crippen LogP contribution in [0.15, 0.2) is 42.5 Å². The summed E-state index contributed by atoms with van der Waals surface area (Å²) >= 11 is 5.94. The molecule has 3 rings (SSSR count). The van der Waals surface area contributed by atoms with Crippen LogP contribution in [-0.2, 0) is 5.88 Å². The molecule has 4 heteroatoms. The smallest absolute Gasteiger partial charge is 0.147 e. The maximum atomic E-state index is 14.0. The molecule has 1 aromatic heterocycles. The quantitative estimate of drug-likeness (QED) is 0.640. The molecule has 0 aliphatic rings. The van der Waals surface area contributed by atoms with E-state index in [2.05, 4.69) is 4.98 Å². The highest BCUT2D eigenvalue weighted by Crippen LogP contribution is 2.25. The molecule has 0 fully saturated rings. The fraction of sp³-hybridized carbons (Fsp3) is 0.133. The monoisotopic (exact) mass is 274 g/mol. The number of nitrogens with zero attached hydrogens (tertiary/aromatic N) is 2. The first-order valence-electron chi connectivity index (χ1n) is 5.99. The topological polar surface area (TPSA) is 17.8 Å². The van der Waals surface area contributed by atoms with E-state index in [1.807, 2.05) is 25.1 Å². The van der Waals surface area contributed by atoms with Gasteiger partial charge in [0.15, 0.2) is 0 Å². The lowest BCUT2D eigenvalue weighted by molar-refractivity contribution is 0.618. The number of aryl methyl sites for hydroxylation is 1. The van der Waals surface area contributed by atoms with Gasteiger partial charge in [0.25, 0.3) is 0 Å². The minimum absolute atomic E-state index is 0.238. The van der Waals surface area contributed by atoms with E-state index in [0.717, 1.165) is 16.6 Å². The summed E-state index contributed by atoms with van der Waals surface area (Å²) < 4.78 is 15.8. The van der Waals surface area contributed by atoms with Crippen LogP contribution in [0.5, 0.6) is 0 Å². The maximum Gasteiger partial charge on any atom is 0.147 e. The summed E-state index contributed by atoms with van der Waals surface area (Å²) in [5.74, 6) is 0.601. The van der Waals surface area contributed by atoms with Gasteiger partial charge >= 0.3 is 0 Å². The van der Waals surface area contributed by atoms with Crippen LogP contribution in [0.2, 0.25) is 0 Å². The van der Waals surface area contributed by atoms with Crippen molar-refractivity contribution in [2.45, 2.75) is 12.8 Å². The number of para-hydroxylation sites is 1. The van der Waals surface area contributed by atoms with Crippen molar-refractivity contribution in [2.24, 2.45) is 0 Å². The summed E-state index contributed by atoms with van der Waals surface area (Å²) in [6.07, 6.45) is 0. The second-order valence-electron chi connectivity index (χ2n) is 4.44. The van der Waals surface area contributed by atoms with Crippen LogP contribution in [0.4, 0.5) is 4.39 Å². The van der Waals surface area contributed by atoms with E-state index < -0.39 is 0 Å². The Morgan fingerprint density at radius 3 is 2.74 bits per heavy atom. The predicted molar refractivity (Wildman–Crippen MR) is 75.3 cm³/mol. The standard InChI is InChI=1S/C15H12ClFN2/c1-10-6-7-12-14(8-10)19(15(9-16)18-12)13-5-3-2-4-11(13)17/h2-8H,9H2,1H3. The highest BCUT2D eigenvalue weighted by molar-refractivity contribution is 6.17. The lowest BCUT2D eigenvalue weighted by Gasteiger charge is -2.09. The minimum Gasteiger partial charge on any atom is -0.292 e. The largest absolute Gasteiger partial charge is 0.292 e. The average Bonchev–Trinajstić information content (AvgIpc) is 2.77. The lowest BCUT2D eigenvalue weighted by atomic mass is 10.2. The Bertz CT molecular complexity index is 749. The molecule has 0 aliphatic heterocycles. The van der Waals surface area contributed by atoms with Crippen molar-refractivity contribution in [3.63, 3.8) is 0 Å². The normalized spacial score (nSPS) is 11.1. The molecule has 0 amide bonds. The Labute approximate surface area is 115 Å². The molecular formula is C15H12ClFN2. The maximum absolute atomic E-state index is 14.0. The molecule has 3 aromatic rings. The van der Waals surface area contributed by atoms with E-state index in [4.69, 9.17) is 11.6 Å². The van der Waals surface area contributed by atoms with E-state index in [1.165, 1.54) is 6.07 Å². The zero-order valence-corrected chi connectivity index (χ0v) is 11.2. The van der Waals surface area contributed by atoms with Crippen molar-refractivity contribution < 1.29 is 4.39 Å². The molecule has 1 heterocycles. The summed E-state index contributed by atoms with van der Waals surface area (Å²) in [6.45, 7) is 2.00. The highest BCUT2D eigenvalue weighted by Gasteiger charge is 2.14. The third kappa shape index (κ3) is 2.00. The van der Waals surface area contributed by atoms with Crippen molar-refractivity contribution in [3.8, 4) is 5.69 Å². The number of hydrogen-bond donors (Lipinski definition) is 0. The van der Waals surface area contributed by atoms with E-state index in [0.29, 0.717) is 11.5 Å². The minimum atomic E-state index is -0.283. The third-order valence-electron chi connectivity index (χ3n) is 3.09. The molecule has 0 atom stereocenters. The average molecular weight is 275 g/mol. The molecule has 0 spiro atoms. The van der Waals surface area contributed by atoms with Crippen LogP contribution in [-0.4, -0.2) is 9.55 Å². The molecule has 0 bridgehead atoms. The highest BCUT2D eigenvalue weighted by atomic mass is 35.5. The Morgan fingerprint density at radius 2 is 2.00 bits per heavy atom. The van der Waals surface area contributed by atoms with Crippen molar-refractivity contribution in [1.29, 1.82) is 0 Å². The number of fused-ring (bicyclic) bond motifs is 1. The summed E-state index contributed by atoms with van der Waals surface area (Å²) in [5, 5.41) is 0. The summed E-state index contributed by atoms with van der Waals surface area (Å²) in [5.41, 5.74) is 3.28. The second-order valence-corrected chi connectivity index (χ2v) is 4.71. The van der Waals surface area contributed by atoms with Gasteiger partial charge in [0.1, 0.15) is 11.6 Å². The molecule has 0 aliphatic carbocycles. The summed E-state index contributed by atoms with van der Waals surface area (Å²) in [7, 11) is 0. The molecule has 0 saturated carbocycles. The van der Waals surface area contributed by atoms with Gasteiger partial charge in [-0.05, 0) is 36.8 Å². The molecular weight excluding hydrogens is 263 g/mol. The van der Waals surface area contributed by atoms with Gasteiger partial charge in [0, 0.05) is 0 Å². The second kappa shape index (κ2) is 4.67. The van der Waals surface area contributed by atoms with Crippen LogP contribution >= 0.6 is 11.6 Å². The third-order valence-corrected chi connectivity index (χ3v) is 3.33. The number of imidazole rings is 1. The lowest BCUT2D eigenvalue weighted by Crippen LogP contribution is -2.01. The number of rotatable bonds is 2. The van der Waals surface area contributed by atoms with Gasteiger partial charge in [-0.2, -0.15) is 0 Å². The molecule has 96 valence electrons. The first-order valence-corrected chi connectivity index (χ1v) is 6.53. The molecule has 2 aromatic carbocycles. The number of benzene rings is 2.